The van der Waals surface area contributed by atoms with E-state index in [0.29, 0.717) is 18.4 Å². The highest BCUT2D eigenvalue weighted by Crippen LogP contribution is 2.43. The largest absolute Gasteiger partial charge is 0.463 e. The van der Waals surface area contributed by atoms with Gasteiger partial charge in [-0.25, -0.2) is 0 Å². The van der Waals surface area contributed by atoms with Crippen molar-refractivity contribution < 1.29 is 28.9 Å². The number of hydrogen-bond donors (Lipinski definition) is 1. The summed E-state index contributed by atoms with van der Waals surface area (Å²) in [6.45, 7) is 6.44. The third-order valence-electron chi connectivity index (χ3n) is 5.67. The first kappa shape index (κ1) is 20.2. The monoisotopic (exact) mass is 356 g/mol. The molecule has 6 heteroatoms. The Balaban J connectivity index is 2.07. The van der Waals surface area contributed by atoms with Crippen molar-refractivity contribution in [2.45, 2.75) is 83.5 Å². The minimum Gasteiger partial charge on any atom is -0.463 e. The Hall–Kier alpha value is -1.14. The number of cyclic esters (lactones) is 2. The van der Waals surface area contributed by atoms with Crippen LogP contribution in [0.2, 0.25) is 0 Å². The summed E-state index contributed by atoms with van der Waals surface area (Å²) in [5, 5.41) is 9.73. The molecule has 0 unspecified atom stereocenters. The second-order valence-electron chi connectivity index (χ2n) is 7.72. The number of hydrogen-bond acceptors (Lipinski definition) is 6. The lowest BCUT2D eigenvalue weighted by Crippen LogP contribution is -2.45. The van der Waals surface area contributed by atoms with Crippen LogP contribution in [0.25, 0.3) is 0 Å². The molecular formula is C19H32O6. The molecule has 0 radical (unpaired) electrons. The third kappa shape index (κ3) is 5.68. The van der Waals surface area contributed by atoms with Crippen molar-refractivity contribution in [1.29, 1.82) is 0 Å². The molecule has 1 aliphatic heterocycles. The maximum atomic E-state index is 12.1. The van der Waals surface area contributed by atoms with E-state index in [9.17, 15) is 14.7 Å². The minimum absolute atomic E-state index is 0.139. The maximum absolute atomic E-state index is 12.1. The smallest absolute Gasteiger partial charge is 0.309 e. The summed E-state index contributed by atoms with van der Waals surface area (Å²) in [7, 11) is 0. The number of carbonyl (C=O) groups excluding carboxylic acids is 2. The summed E-state index contributed by atoms with van der Waals surface area (Å²) in [6, 6.07) is 0. The van der Waals surface area contributed by atoms with Crippen molar-refractivity contribution in [3.8, 4) is 0 Å². The zero-order valence-corrected chi connectivity index (χ0v) is 15.7. The molecule has 0 aromatic heterocycles. The minimum atomic E-state index is -0.915. The lowest BCUT2D eigenvalue weighted by molar-refractivity contribution is -0.166. The number of aliphatic hydroxyl groups excluding tert-OH is 1. The van der Waals surface area contributed by atoms with Gasteiger partial charge < -0.3 is 19.3 Å². The summed E-state index contributed by atoms with van der Waals surface area (Å²) < 4.78 is 16.6. The van der Waals surface area contributed by atoms with Crippen LogP contribution in [0, 0.1) is 11.8 Å². The van der Waals surface area contributed by atoms with Gasteiger partial charge in [0, 0.05) is 6.42 Å². The molecule has 0 spiro atoms. The van der Waals surface area contributed by atoms with Gasteiger partial charge in [-0.2, -0.15) is 0 Å². The summed E-state index contributed by atoms with van der Waals surface area (Å²) in [5.74, 6) is 0.0515. The molecule has 1 heterocycles. The topological polar surface area (TPSA) is 82.1 Å². The maximum Gasteiger partial charge on any atom is 0.309 e. The van der Waals surface area contributed by atoms with E-state index in [1.165, 1.54) is 13.3 Å². The highest BCUT2D eigenvalue weighted by atomic mass is 16.6. The Bertz CT molecular complexity index is 463. The number of rotatable bonds is 1. The van der Waals surface area contributed by atoms with Crippen molar-refractivity contribution in [3.63, 3.8) is 0 Å². The van der Waals surface area contributed by atoms with E-state index >= 15 is 0 Å². The highest BCUT2D eigenvalue weighted by molar-refractivity contribution is 5.72. The van der Waals surface area contributed by atoms with Crippen molar-refractivity contribution in [3.05, 3.63) is 0 Å². The van der Waals surface area contributed by atoms with E-state index in [1.807, 2.05) is 0 Å². The molecule has 1 aliphatic carbocycles. The van der Waals surface area contributed by atoms with Crippen LogP contribution in [0.1, 0.15) is 65.7 Å². The fourth-order valence-corrected chi connectivity index (χ4v) is 4.19. The number of carbonyl (C=O) groups is 2. The van der Waals surface area contributed by atoms with Crippen molar-refractivity contribution in [2.75, 3.05) is 13.2 Å². The normalized spacial score (nSPS) is 37.2. The summed E-state index contributed by atoms with van der Waals surface area (Å²) in [6.07, 6.45) is 3.31. The molecule has 0 aromatic rings. The molecule has 1 saturated heterocycles. The van der Waals surface area contributed by atoms with Crippen LogP contribution in [0.3, 0.4) is 0 Å². The van der Waals surface area contributed by atoms with Gasteiger partial charge in [0.05, 0.1) is 24.7 Å². The first-order chi connectivity index (χ1) is 11.8. The predicted molar refractivity (Wildman–Crippen MR) is 91.8 cm³/mol. The average molecular weight is 356 g/mol. The molecule has 1 N–H and O–H groups in total. The van der Waals surface area contributed by atoms with E-state index in [1.54, 1.807) is 0 Å². The molecule has 1 saturated carbocycles. The average Bonchev–Trinajstić information content (AvgIpc) is 2.53. The van der Waals surface area contributed by atoms with Crippen molar-refractivity contribution in [2.24, 2.45) is 11.8 Å². The molecule has 0 bridgehead atoms. The third-order valence-corrected chi connectivity index (χ3v) is 5.67. The number of esters is 2. The van der Waals surface area contributed by atoms with Crippen molar-refractivity contribution >= 4 is 11.9 Å². The Labute approximate surface area is 150 Å². The molecule has 0 aromatic carbocycles. The number of aliphatic hydroxyl groups is 1. The van der Waals surface area contributed by atoms with Crippen LogP contribution in [-0.2, 0) is 23.8 Å². The lowest BCUT2D eigenvalue weighted by atomic mass is 9.68. The number of ether oxygens (including phenoxy) is 3. The van der Waals surface area contributed by atoms with Crippen LogP contribution >= 0.6 is 0 Å². The Morgan fingerprint density at radius 1 is 1.16 bits per heavy atom. The summed E-state index contributed by atoms with van der Waals surface area (Å²) in [5.41, 5.74) is -0.236. The SMILES string of the molecule is C[C@@H]1CCC[C@]2(C)OCCOC(=O)C[C@H]([C@@H](C)O)OC(=O)CCC[C@H]12. The van der Waals surface area contributed by atoms with Crippen LogP contribution in [0.5, 0.6) is 0 Å². The van der Waals surface area contributed by atoms with E-state index in [4.69, 9.17) is 14.2 Å². The van der Waals surface area contributed by atoms with Gasteiger partial charge in [-0.3, -0.25) is 9.59 Å². The predicted octanol–water partition coefficient (Wildman–Crippen LogP) is 2.61. The zero-order chi connectivity index (χ0) is 18.4. The molecule has 2 fully saturated rings. The van der Waals surface area contributed by atoms with E-state index in [0.717, 1.165) is 25.7 Å². The first-order valence-electron chi connectivity index (χ1n) is 9.49. The fourth-order valence-electron chi connectivity index (χ4n) is 4.19. The van der Waals surface area contributed by atoms with Gasteiger partial charge in [0.25, 0.3) is 0 Å². The molecule has 2 rings (SSSR count). The Kier molecular flexibility index (Phi) is 7.25. The van der Waals surface area contributed by atoms with Gasteiger partial charge in [0.15, 0.2) is 0 Å². The summed E-state index contributed by atoms with van der Waals surface area (Å²) in [4.78, 5) is 24.0. The molecule has 6 nitrogen and oxygen atoms in total. The van der Waals surface area contributed by atoms with Gasteiger partial charge >= 0.3 is 11.9 Å². The van der Waals surface area contributed by atoms with Crippen LogP contribution in [0.4, 0.5) is 0 Å². The second kappa shape index (κ2) is 8.99. The van der Waals surface area contributed by atoms with Crippen LogP contribution < -0.4 is 0 Å². The van der Waals surface area contributed by atoms with Gasteiger partial charge in [0.1, 0.15) is 12.7 Å². The molecule has 144 valence electrons. The van der Waals surface area contributed by atoms with Crippen LogP contribution in [-0.4, -0.2) is 48.1 Å². The summed E-state index contributed by atoms with van der Waals surface area (Å²) >= 11 is 0. The molecule has 5 atom stereocenters. The van der Waals surface area contributed by atoms with Gasteiger partial charge in [-0.05, 0) is 44.9 Å². The van der Waals surface area contributed by atoms with E-state index < -0.39 is 18.2 Å². The molecule has 25 heavy (non-hydrogen) atoms. The molecular weight excluding hydrogens is 324 g/mol. The first-order valence-corrected chi connectivity index (χ1v) is 9.49. The zero-order valence-electron chi connectivity index (χ0n) is 15.7. The number of fused-ring (bicyclic) bond motifs is 1. The molecule has 0 amide bonds. The quantitative estimate of drug-likeness (QED) is 0.727. The second-order valence-corrected chi connectivity index (χ2v) is 7.72. The van der Waals surface area contributed by atoms with E-state index in [-0.39, 0.29) is 31.0 Å². The van der Waals surface area contributed by atoms with E-state index in [2.05, 4.69) is 13.8 Å². The van der Waals surface area contributed by atoms with Crippen LogP contribution in [0.15, 0.2) is 0 Å². The van der Waals surface area contributed by atoms with Crippen molar-refractivity contribution in [1.82, 2.24) is 0 Å². The van der Waals surface area contributed by atoms with Gasteiger partial charge in [0.2, 0.25) is 0 Å². The van der Waals surface area contributed by atoms with Gasteiger partial charge in [-0.1, -0.05) is 19.8 Å². The fraction of sp³-hybridized carbons (Fsp3) is 0.895. The molecule has 2 aliphatic rings. The highest BCUT2D eigenvalue weighted by Gasteiger charge is 2.41. The Morgan fingerprint density at radius 3 is 2.64 bits per heavy atom. The lowest BCUT2D eigenvalue weighted by Gasteiger charge is -2.45. The Morgan fingerprint density at radius 2 is 1.92 bits per heavy atom. The standard InChI is InChI=1S/C19H32O6/c1-13-6-5-9-19(3)15(13)7-4-8-17(21)25-16(14(2)20)12-18(22)23-10-11-24-19/h13-16,20H,4-12H2,1-3H3/t13-,14-,15-,16-,19+/m1/s1. The van der Waals surface area contributed by atoms with Gasteiger partial charge in [-0.15, -0.1) is 0 Å².